The molecule has 3 rings (SSSR count). The number of nitrogens with zero attached hydrogens (tertiary/aromatic N) is 6. The van der Waals surface area contributed by atoms with Gasteiger partial charge in [-0.2, -0.15) is 31.4 Å². The number of halogens is 6. The normalized spacial score (nSPS) is 16.5. The van der Waals surface area contributed by atoms with Crippen molar-refractivity contribution in [2.24, 2.45) is 7.05 Å². The summed E-state index contributed by atoms with van der Waals surface area (Å²) in [6, 6.07) is 2.47. The van der Waals surface area contributed by atoms with Gasteiger partial charge < -0.3 is 20.0 Å². The minimum Gasteiger partial charge on any atom is -0.475 e. The van der Waals surface area contributed by atoms with Crippen LogP contribution < -0.4 is 4.90 Å². The van der Waals surface area contributed by atoms with Crippen molar-refractivity contribution in [3.05, 3.63) is 24.2 Å². The first-order chi connectivity index (χ1) is 15.9. The van der Waals surface area contributed by atoms with Gasteiger partial charge in [0.15, 0.2) is 0 Å². The van der Waals surface area contributed by atoms with E-state index in [-0.39, 0.29) is 0 Å². The number of aromatic nitrogens is 4. The van der Waals surface area contributed by atoms with Gasteiger partial charge in [-0.25, -0.2) is 19.6 Å². The number of hydrogen-bond donors (Lipinski definition) is 2. The molecule has 1 aliphatic heterocycles. The predicted octanol–water partition coefficient (Wildman–Crippen LogP) is 2.59. The first-order valence-corrected chi connectivity index (χ1v) is 9.82. The molecular formula is C19H24F6N6O4. The highest BCUT2D eigenvalue weighted by molar-refractivity contribution is 5.73. The van der Waals surface area contributed by atoms with E-state index in [1.165, 1.54) is 0 Å². The highest BCUT2D eigenvalue weighted by atomic mass is 19.4. The molecule has 1 atom stereocenters. The van der Waals surface area contributed by atoms with Crippen LogP contribution in [-0.4, -0.2) is 91.9 Å². The van der Waals surface area contributed by atoms with Gasteiger partial charge in [-0.1, -0.05) is 0 Å². The Labute approximate surface area is 195 Å². The average molecular weight is 514 g/mol. The third kappa shape index (κ3) is 9.38. The maximum Gasteiger partial charge on any atom is 0.490 e. The Morgan fingerprint density at radius 1 is 1.03 bits per heavy atom. The second-order valence-electron chi connectivity index (χ2n) is 7.43. The summed E-state index contributed by atoms with van der Waals surface area (Å²) in [5.74, 6) is -4.70. The minimum atomic E-state index is -5.08. The molecule has 1 fully saturated rings. The number of aliphatic carboxylic acids is 2. The van der Waals surface area contributed by atoms with Crippen LogP contribution in [0.15, 0.2) is 18.5 Å². The number of hydrogen-bond acceptors (Lipinski definition) is 7. The quantitative estimate of drug-likeness (QED) is 0.582. The molecule has 2 aromatic rings. The molecule has 35 heavy (non-hydrogen) atoms. The molecule has 2 N–H and O–H groups in total. The third-order valence-corrected chi connectivity index (χ3v) is 4.66. The Morgan fingerprint density at radius 3 is 1.94 bits per heavy atom. The lowest BCUT2D eigenvalue weighted by Crippen LogP contribution is -2.50. The summed E-state index contributed by atoms with van der Waals surface area (Å²) in [6.45, 7) is 7.22. The fraction of sp³-hybridized carbons (Fsp3) is 0.526. The average Bonchev–Trinajstić information content (AvgIpc) is 3.07. The fourth-order valence-electron chi connectivity index (χ4n) is 2.73. The van der Waals surface area contributed by atoms with Gasteiger partial charge in [-0.05, 0) is 27.0 Å². The molecule has 0 saturated carbocycles. The Morgan fingerprint density at radius 2 is 1.54 bits per heavy atom. The van der Waals surface area contributed by atoms with E-state index in [0.717, 1.165) is 42.5 Å². The number of carboxylic acids is 2. The second-order valence-corrected chi connectivity index (χ2v) is 7.43. The van der Waals surface area contributed by atoms with Crippen LogP contribution in [0.25, 0.3) is 11.3 Å². The van der Waals surface area contributed by atoms with Crippen molar-refractivity contribution in [1.29, 1.82) is 0 Å². The fourth-order valence-corrected chi connectivity index (χ4v) is 2.73. The van der Waals surface area contributed by atoms with Crippen LogP contribution in [0.3, 0.4) is 0 Å². The van der Waals surface area contributed by atoms with Gasteiger partial charge in [-0.15, -0.1) is 0 Å². The molecule has 1 aliphatic rings. The van der Waals surface area contributed by atoms with Gasteiger partial charge in [-0.3, -0.25) is 4.68 Å². The summed E-state index contributed by atoms with van der Waals surface area (Å²) in [4.78, 5) is 31.6. The summed E-state index contributed by atoms with van der Waals surface area (Å²) in [5.41, 5.74) is 3.01. The van der Waals surface area contributed by atoms with Crippen LogP contribution >= 0.6 is 0 Å². The van der Waals surface area contributed by atoms with Crippen molar-refractivity contribution in [1.82, 2.24) is 24.6 Å². The second kappa shape index (κ2) is 11.8. The molecule has 1 unspecified atom stereocenters. The summed E-state index contributed by atoms with van der Waals surface area (Å²) in [5, 5.41) is 18.6. The highest BCUT2D eigenvalue weighted by Crippen LogP contribution is 2.22. The topological polar surface area (TPSA) is 125 Å². The number of piperazine rings is 1. The van der Waals surface area contributed by atoms with Crippen molar-refractivity contribution in [2.75, 3.05) is 31.6 Å². The van der Waals surface area contributed by atoms with E-state index in [1.807, 2.05) is 37.1 Å². The summed E-state index contributed by atoms with van der Waals surface area (Å²) in [7, 11) is 4.10. The molecule has 0 spiro atoms. The largest absolute Gasteiger partial charge is 0.490 e. The van der Waals surface area contributed by atoms with E-state index < -0.39 is 24.3 Å². The summed E-state index contributed by atoms with van der Waals surface area (Å²) in [6.07, 6.45) is -6.32. The van der Waals surface area contributed by atoms with Crippen LogP contribution in [-0.2, 0) is 16.6 Å². The lowest BCUT2D eigenvalue weighted by Gasteiger charge is -2.37. The summed E-state index contributed by atoms with van der Waals surface area (Å²) >= 11 is 0. The standard InChI is InChI=1S/C15H22N6.2C2HF3O2/c1-11-9-21(8-7-19(11)3)15-16-6-5-14(17-15)13-10-20(4)18-12(13)2;2*3-2(4,5)1(6)7/h5-6,10-11H,7-9H2,1-4H3;2*(H,6,7). The van der Waals surface area contributed by atoms with E-state index >= 15 is 0 Å². The van der Waals surface area contributed by atoms with E-state index in [4.69, 9.17) is 24.8 Å². The molecule has 0 aliphatic carbocycles. The van der Waals surface area contributed by atoms with Gasteiger partial charge in [0, 0.05) is 50.7 Å². The smallest absolute Gasteiger partial charge is 0.475 e. The van der Waals surface area contributed by atoms with Crippen LogP contribution in [0.5, 0.6) is 0 Å². The first-order valence-electron chi connectivity index (χ1n) is 9.82. The minimum absolute atomic E-state index is 0.520. The summed E-state index contributed by atoms with van der Waals surface area (Å²) < 4.78 is 65.3. The van der Waals surface area contributed by atoms with Crippen molar-refractivity contribution >= 4 is 17.9 Å². The predicted molar refractivity (Wildman–Crippen MR) is 111 cm³/mol. The third-order valence-electron chi connectivity index (χ3n) is 4.66. The number of carbonyl (C=O) groups is 2. The number of anilines is 1. The number of rotatable bonds is 2. The van der Waals surface area contributed by atoms with Crippen LogP contribution in [0.2, 0.25) is 0 Å². The van der Waals surface area contributed by atoms with Crippen molar-refractivity contribution in [3.63, 3.8) is 0 Å². The lowest BCUT2D eigenvalue weighted by molar-refractivity contribution is -0.193. The lowest BCUT2D eigenvalue weighted by atomic mass is 10.2. The van der Waals surface area contributed by atoms with Gasteiger partial charge in [0.2, 0.25) is 5.95 Å². The molecule has 196 valence electrons. The van der Waals surface area contributed by atoms with Crippen LogP contribution in [0.4, 0.5) is 32.3 Å². The Bertz CT molecular complexity index is 986. The van der Waals surface area contributed by atoms with Crippen LogP contribution in [0, 0.1) is 6.92 Å². The van der Waals surface area contributed by atoms with E-state index in [9.17, 15) is 26.3 Å². The molecule has 3 heterocycles. The van der Waals surface area contributed by atoms with E-state index in [2.05, 4.69) is 33.9 Å². The van der Waals surface area contributed by atoms with E-state index in [1.54, 1.807) is 0 Å². The molecule has 1 saturated heterocycles. The Kier molecular flexibility index (Phi) is 9.99. The first kappa shape index (κ1) is 29.6. The van der Waals surface area contributed by atoms with Gasteiger partial charge in [0.05, 0.1) is 11.4 Å². The number of aryl methyl sites for hydroxylation is 2. The van der Waals surface area contributed by atoms with Crippen LogP contribution in [0.1, 0.15) is 12.6 Å². The zero-order chi connectivity index (χ0) is 27.1. The maximum absolute atomic E-state index is 10.6. The SMILES string of the molecule is Cc1nn(C)cc1-c1ccnc(N2CCN(C)C(C)C2)n1.O=C(O)C(F)(F)F.O=C(O)C(F)(F)F. The van der Waals surface area contributed by atoms with Crippen molar-refractivity contribution in [2.45, 2.75) is 32.2 Å². The van der Waals surface area contributed by atoms with Crippen molar-refractivity contribution in [3.8, 4) is 11.3 Å². The molecule has 0 radical (unpaired) electrons. The van der Waals surface area contributed by atoms with Gasteiger partial charge in [0.25, 0.3) is 0 Å². The zero-order valence-corrected chi connectivity index (χ0v) is 19.1. The van der Waals surface area contributed by atoms with Gasteiger partial charge >= 0.3 is 24.3 Å². The molecule has 16 heteroatoms. The number of alkyl halides is 6. The molecule has 2 aromatic heterocycles. The van der Waals surface area contributed by atoms with Crippen molar-refractivity contribution < 1.29 is 46.1 Å². The molecule has 0 amide bonds. The highest BCUT2D eigenvalue weighted by Gasteiger charge is 2.38. The molecule has 0 aromatic carbocycles. The van der Waals surface area contributed by atoms with E-state index in [0.29, 0.717) is 6.04 Å². The monoisotopic (exact) mass is 514 g/mol. The number of likely N-dealkylation sites (N-methyl/N-ethyl adjacent to an activating group) is 1. The molecular weight excluding hydrogens is 490 g/mol. The molecule has 0 bridgehead atoms. The zero-order valence-electron chi connectivity index (χ0n) is 19.1. The Balaban J connectivity index is 0.000000362. The molecule has 10 nitrogen and oxygen atoms in total. The maximum atomic E-state index is 10.6. The number of carboxylic acid groups (broad SMARTS) is 2. The Hall–Kier alpha value is -3.43. The van der Waals surface area contributed by atoms with Gasteiger partial charge in [0.1, 0.15) is 0 Å².